The molecule has 19 heavy (non-hydrogen) atoms. The zero-order valence-electron chi connectivity index (χ0n) is 9.65. The van der Waals surface area contributed by atoms with Crippen LogP contribution < -0.4 is 4.84 Å². The Morgan fingerprint density at radius 1 is 1.21 bits per heavy atom. The fourth-order valence-electron chi connectivity index (χ4n) is 1.39. The monoisotopic (exact) mass is 279 g/mol. The van der Waals surface area contributed by atoms with Crippen LogP contribution >= 0.6 is 11.6 Å². The van der Waals surface area contributed by atoms with E-state index in [9.17, 15) is 15.0 Å². The summed E-state index contributed by atoms with van der Waals surface area (Å²) in [5.41, 5.74) is 0.727. The van der Waals surface area contributed by atoms with Gasteiger partial charge in [0.15, 0.2) is 0 Å². The maximum atomic E-state index is 11.5. The van der Waals surface area contributed by atoms with Gasteiger partial charge in [0.2, 0.25) is 11.8 Å². The van der Waals surface area contributed by atoms with Crippen LogP contribution in [0.3, 0.4) is 0 Å². The lowest BCUT2D eigenvalue weighted by Crippen LogP contribution is -2.16. The van der Waals surface area contributed by atoms with E-state index in [0.29, 0.717) is 9.75 Å². The minimum Gasteiger partial charge on any atom is -0.492 e. The summed E-state index contributed by atoms with van der Waals surface area (Å²) in [6, 6.07) is 9.30. The molecule has 2 rings (SSSR count). The van der Waals surface area contributed by atoms with E-state index in [2.05, 4.69) is 0 Å². The molecule has 0 spiro atoms. The third kappa shape index (κ3) is 3.29. The van der Waals surface area contributed by atoms with Crippen molar-refractivity contribution in [1.82, 2.24) is 4.73 Å². The number of carbonyl (C=O) groups is 1. The molecule has 1 aromatic heterocycles. The Bertz CT molecular complexity index is 614. The summed E-state index contributed by atoms with van der Waals surface area (Å²) in [6.45, 7) is 0. The van der Waals surface area contributed by atoms with Crippen molar-refractivity contribution < 1.29 is 19.8 Å². The molecule has 0 atom stereocenters. The Morgan fingerprint density at radius 3 is 2.53 bits per heavy atom. The van der Waals surface area contributed by atoms with Gasteiger partial charge < -0.3 is 15.1 Å². The van der Waals surface area contributed by atoms with Gasteiger partial charge in [-0.2, -0.15) is 0 Å². The fraction of sp³-hybridized carbons (Fsp3) is 0. The molecule has 0 bridgehead atoms. The van der Waals surface area contributed by atoms with Crippen molar-refractivity contribution in [2.75, 3.05) is 0 Å². The summed E-state index contributed by atoms with van der Waals surface area (Å²) < 4.78 is 0.616. The predicted molar refractivity (Wildman–Crippen MR) is 69.8 cm³/mol. The molecular formula is C13H10ClNO4. The van der Waals surface area contributed by atoms with Crippen molar-refractivity contribution in [3.05, 3.63) is 53.1 Å². The number of benzene rings is 1. The topological polar surface area (TPSA) is 71.7 Å². The van der Waals surface area contributed by atoms with Gasteiger partial charge in [0.1, 0.15) is 0 Å². The predicted octanol–water partition coefficient (Wildman–Crippen LogP) is 2.22. The van der Waals surface area contributed by atoms with E-state index < -0.39 is 5.97 Å². The molecule has 98 valence electrons. The van der Waals surface area contributed by atoms with Crippen molar-refractivity contribution in [3.63, 3.8) is 0 Å². The third-order valence-electron chi connectivity index (χ3n) is 2.24. The van der Waals surface area contributed by atoms with Gasteiger partial charge in [-0.25, -0.2) is 4.79 Å². The van der Waals surface area contributed by atoms with Crippen molar-refractivity contribution in [3.8, 4) is 11.8 Å². The van der Waals surface area contributed by atoms with Crippen LogP contribution in [0, 0.1) is 0 Å². The lowest BCUT2D eigenvalue weighted by Gasteiger charge is -2.03. The standard InChI is InChI=1S/C13H10ClNO4/c14-10-3-1-2-9(8-10)4-7-13(18)19-15-11(16)5-6-12(15)17/h1-8,16-17H. The van der Waals surface area contributed by atoms with E-state index in [0.717, 1.165) is 11.6 Å². The summed E-state index contributed by atoms with van der Waals surface area (Å²) in [5.74, 6) is -1.49. The normalized spacial score (nSPS) is 10.8. The van der Waals surface area contributed by atoms with Gasteiger partial charge in [-0.3, -0.25) is 0 Å². The average molecular weight is 280 g/mol. The second-order valence-corrected chi connectivity index (χ2v) is 4.08. The van der Waals surface area contributed by atoms with Crippen LogP contribution in [0.4, 0.5) is 0 Å². The first-order valence-electron chi connectivity index (χ1n) is 5.32. The van der Waals surface area contributed by atoms with E-state index >= 15 is 0 Å². The first-order valence-corrected chi connectivity index (χ1v) is 5.69. The second-order valence-electron chi connectivity index (χ2n) is 3.64. The molecule has 0 unspecified atom stereocenters. The van der Waals surface area contributed by atoms with E-state index in [-0.39, 0.29) is 11.8 Å². The number of hydrogen-bond acceptors (Lipinski definition) is 4. The number of halogens is 1. The fourth-order valence-corrected chi connectivity index (χ4v) is 1.59. The van der Waals surface area contributed by atoms with Gasteiger partial charge in [-0.05, 0) is 23.8 Å². The highest BCUT2D eigenvalue weighted by molar-refractivity contribution is 6.30. The number of aromatic hydroxyl groups is 2. The Hall–Kier alpha value is -2.40. The van der Waals surface area contributed by atoms with Crippen LogP contribution in [0.1, 0.15) is 5.56 Å². The highest BCUT2D eigenvalue weighted by Crippen LogP contribution is 2.18. The largest absolute Gasteiger partial charge is 0.492 e. The summed E-state index contributed by atoms with van der Waals surface area (Å²) >= 11 is 5.80. The van der Waals surface area contributed by atoms with Gasteiger partial charge in [-0.1, -0.05) is 23.7 Å². The van der Waals surface area contributed by atoms with Crippen LogP contribution in [-0.4, -0.2) is 20.9 Å². The van der Waals surface area contributed by atoms with Crippen LogP contribution in [0.25, 0.3) is 6.08 Å². The molecule has 0 saturated heterocycles. The van der Waals surface area contributed by atoms with Crippen molar-refractivity contribution >= 4 is 23.6 Å². The molecule has 6 heteroatoms. The summed E-state index contributed by atoms with van der Waals surface area (Å²) in [4.78, 5) is 16.2. The highest BCUT2D eigenvalue weighted by atomic mass is 35.5. The Kier molecular flexibility index (Phi) is 3.77. The van der Waals surface area contributed by atoms with E-state index in [1.54, 1.807) is 24.3 Å². The molecule has 0 aliphatic rings. The quantitative estimate of drug-likeness (QED) is 0.845. The molecule has 1 aromatic carbocycles. The molecule has 2 aromatic rings. The molecule has 5 nitrogen and oxygen atoms in total. The number of hydrogen-bond donors (Lipinski definition) is 2. The molecule has 1 heterocycles. The lowest BCUT2D eigenvalue weighted by molar-refractivity contribution is -0.139. The maximum Gasteiger partial charge on any atom is 0.356 e. The molecular weight excluding hydrogens is 270 g/mol. The Balaban J connectivity index is 2.06. The van der Waals surface area contributed by atoms with E-state index in [1.807, 2.05) is 0 Å². The van der Waals surface area contributed by atoms with Gasteiger partial charge in [-0.15, -0.1) is 4.73 Å². The number of nitrogens with zero attached hydrogens (tertiary/aromatic N) is 1. The first-order chi connectivity index (χ1) is 9.06. The van der Waals surface area contributed by atoms with Crippen LogP contribution in [0.5, 0.6) is 11.8 Å². The number of carbonyl (C=O) groups excluding carboxylic acids is 1. The number of rotatable bonds is 3. The van der Waals surface area contributed by atoms with Crippen LogP contribution in [-0.2, 0) is 4.79 Å². The SMILES string of the molecule is O=C(C=Cc1cccc(Cl)c1)On1c(O)ccc1O. The highest BCUT2D eigenvalue weighted by Gasteiger charge is 2.09. The second kappa shape index (κ2) is 5.49. The molecule has 2 N–H and O–H groups in total. The van der Waals surface area contributed by atoms with Gasteiger partial charge >= 0.3 is 5.97 Å². The van der Waals surface area contributed by atoms with Gasteiger partial charge in [0.05, 0.1) is 0 Å². The molecule has 0 aliphatic heterocycles. The van der Waals surface area contributed by atoms with Crippen molar-refractivity contribution in [2.45, 2.75) is 0 Å². The average Bonchev–Trinajstić information content (AvgIpc) is 2.68. The smallest absolute Gasteiger partial charge is 0.356 e. The number of aromatic nitrogens is 1. The van der Waals surface area contributed by atoms with Crippen molar-refractivity contribution in [2.24, 2.45) is 0 Å². The summed E-state index contributed by atoms with van der Waals surface area (Å²) in [5, 5.41) is 19.1. The zero-order chi connectivity index (χ0) is 13.8. The van der Waals surface area contributed by atoms with E-state index in [4.69, 9.17) is 16.4 Å². The zero-order valence-corrected chi connectivity index (χ0v) is 10.4. The first kappa shape index (κ1) is 13.0. The third-order valence-corrected chi connectivity index (χ3v) is 2.47. The maximum absolute atomic E-state index is 11.5. The molecule has 0 fully saturated rings. The molecule has 0 saturated carbocycles. The Labute approximate surface area is 113 Å². The van der Waals surface area contributed by atoms with Crippen LogP contribution in [0.15, 0.2) is 42.5 Å². The van der Waals surface area contributed by atoms with Crippen molar-refractivity contribution in [1.29, 1.82) is 0 Å². The Morgan fingerprint density at radius 2 is 1.89 bits per heavy atom. The molecule has 0 radical (unpaired) electrons. The lowest BCUT2D eigenvalue weighted by atomic mass is 10.2. The minimum absolute atomic E-state index is 0.373. The summed E-state index contributed by atoms with van der Waals surface area (Å²) in [7, 11) is 0. The molecule has 0 aliphatic carbocycles. The summed E-state index contributed by atoms with van der Waals surface area (Å²) in [6.07, 6.45) is 2.66. The van der Waals surface area contributed by atoms with Crippen LogP contribution in [0.2, 0.25) is 5.02 Å². The minimum atomic E-state index is -0.748. The van der Waals surface area contributed by atoms with Gasteiger partial charge in [0, 0.05) is 23.2 Å². The van der Waals surface area contributed by atoms with Gasteiger partial charge in [0.25, 0.3) is 0 Å². The molecule has 0 amide bonds. The van der Waals surface area contributed by atoms with E-state index in [1.165, 1.54) is 18.2 Å².